The van der Waals surface area contributed by atoms with E-state index in [1.54, 1.807) is 0 Å². The third-order valence-corrected chi connectivity index (χ3v) is 13.3. The molecule has 4 aromatic rings. The van der Waals surface area contributed by atoms with Crippen LogP contribution >= 0.6 is 20.8 Å². The molecule has 0 spiro atoms. The molecule has 0 aliphatic rings. The van der Waals surface area contributed by atoms with Gasteiger partial charge in [-0.2, -0.15) is 0 Å². The standard InChI is InChI=1S/C28H28BrP/c29-30(21-25-13-5-1-6-14-25,22-26-15-7-2-8-16-26,23-27-17-9-3-10-18-27)24-28-19-11-4-12-20-28/h1-20H,21-24H2. The third-order valence-electron chi connectivity index (χ3n) is 5.68. The van der Waals surface area contributed by atoms with Crippen molar-refractivity contribution in [2.75, 3.05) is 0 Å². The Morgan fingerprint density at radius 1 is 0.367 bits per heavy atom. The van der Waals surface area contributed by atoms with Gasteiger partial charge in [-0.3, -0.25) is 0 Å². The van der Waals surface area contributed by atoms with Crippen LogP contribution in [-0.2, 0) is 24.6 Å². The Bertz CT molecular complexity index is 869. The van der Waals surface area contributed by atoms with Crippen molar-refractivity contribution in [2.45, 2.75) is 24.6 Å². The van der Waals surface area contributed by atoms with Crippen molar-refractivity contribution >= 4 is 20.8 Å². The Morgan fingerprint density at radius 2 is 0.567 bits per heavy atom. The molecule has 0 aliphatic heterocycles. The number of rotatable bonds is 8. The van der Waals surface area contributed by atoms with E-state index < -0.39 is 5.31 Å². The van der Waals surface area contributed by atoms with E-state index in [1.165, 1.54) is 22.3 Å². The minimum absolute atomic E-state index is 1.07. The first-order chi connectivity index (χ1) is 14.6. The fraction of sp³-hybridized carbons (Fsp3) is 0.143. The molecule has 0 aliphatic carbocycles. The maximum atomic E-state index is 4.57. The van der Waals surface area contributed by atoms with Crippen molar-refractivity contribution in [3.8, 4) is 0 Å². The Hall–Kier alpha value is -2.21. The van der Waals surface area contributed by atoms with Crippen molar-refractivity contribution in [3.05, 3.63) is 144 Å². The summed E-state index contributed by atoms with van der Waals surface area (Å²) in [5.41, 5.74) is 5.65. The van der Waals surface area contributed by atoms with Crippen molar-refractivity contribution < 1.29 is 0 Å². The van der Waals surface area contributed by atoms with Gasteiger partial charge in [0.15, 0.2) is 0 Å². The molecule has 0 amide bonds. The van der Waals surface area contributed by atoms with Crippen LogP contribution in [0.5, 0.6) is 0 Å². The molecule has 0 radical (unpaired) electrons. The molecule has 4 rings (SSSR count). The molecule has 0 saturated heterocycles. The summed E-state index contributed by atoms with van der Waals surface area (Å²) in [4.78, 5) is 0. The molecular weight excluding hydrogens is 447 g/mol. The molecule has 0 fully saturated rings. The molecule has 0 bridgehead atoms. The van der Waals surface area contributed by atoms with Crippen LogP contribution in [0.3, 0.4) is 0 Å². The summed E-state index contributed by atoms with van der Waals surface area (Å²) in [6.07, 6.45) is 4.30. The minimum atomic E-state index is -2.45. The second-order valence-electron chi connectivity index (χ2n) is 8.39. The average Bonchev–Trinajstić information content (AvgIpc) is 2.76. The molecule has 4 aromatic carbocycles. The van der Waals surface area contributed by atoms with Crippen molar-refractivity contribution in [1.29, 1.82) is 0 Å². The SMILES string of the molecule is BrP(Cc1ccccc1)(Cc1ccccc1)(Cc1ccccc1)Cc1ccccc1. The zero-order valence-corrected chi connectivity index (χ0v) is 19.7. The van der Waals surface area contributed by atoms with Crippen molar-refractivity contribution in [3.63, 3.8) is 0 Å². The van der Waals surface area contributed by atoms with E-state index in [9.17, 15) is 0 Å². The zero-order valence-electron chi connectivity index (χ0n) is 17.2. The predicted octanol–water partition coefficient (Wildman–Crippen LogP) is 8.65. The van der Waals surface area contributed by atoms with Crippen LogP contribution in [0.2, 0.25) is 0 Å². The first-order valence-corrected chi connectivity index (χ1v) is 15.5. The number of hydrogen-bond acceptors (Lipinski definition) is 0. The van der Waals surface area contributed by atoms with E-state index in [1.807, 2.05) is 0 Å². The number of hydrogen-bond donors (Lipinski definition) is 0. The summed E-state index contributed by atoms with van der Waals surface area (Å²) in [5, 5.41) is -2.45. The second-order valence-corrected chi connectivity index (χ2v) is 19.3. The van der Waals surface area contributed by atoms with Gasteiger partial charge < -0.3 is 0 Å². The summed E-state index contributed by atoms with van der Waals surface area (Å²) < 4.78 is 0. The first kappa shape index (κ1) is 21.0. The Morgan fingerprint density at radius 3 is 0.767 bits per heavy atom. The van der Waals surface area contributed by atoms with Crippen LogP contribution in [0.1, 0.15) is 22.3 Å². The Kier molecular flexibility index (Phi) is 6.52. The molecule has 0 nitrogen and oxygen atoms in total. The molecule has 2 heteroatoms. The second kappa shape index (κ2) is 9.29. The zero-order chi connectivity index (χ0) is 20.7. The van der Waals surface area contributed by atoms with Gasteiger partial charge in [-0.05, 0) is 0 Å². The van der Waals surface area contributed by atoms with Gasteiger partial charge in [-0.15, -0.1) is 0 Å². The quantitative estimate of drug-likeness (QED) is 0.224. The van der Waals surface area contributed by atoms with Gasteiger partial charge >= 0.3 is 189 Å². The van der Waals surface area contributed by atoms with Gasteiger partial charge in [-0.1, -0.05) is 0 Å². The van der Waals surface area contributed by atoms with Crippen LogP contribution < -0.4 is 0 Å². The van der Waals surface area contributed by atoms with Gasteiger partial charge in [0.05, 0.1) is 0 Å². The van der Waals surface area contributed by atoms with E-state index >= 15 is 0 Å². The van der Waals surface area contributed by atoms with Crippen LogP contribution in [0.25, 0.3) is 0 Å². The average molecular weight is 475 g/mol. The maximum absolute atomic E-state index is 4.57. The number of benzene rings is 4. The van der Waals surface area contributed by atoms with Gasteiger partial charge in [0.2, 0.25) is 0 Å². The molecular formula is C28H28BrP. The molecule has 0 atom stereocenters. The fourth-order valence-corrected chi connectivity index (χ4v) is 13.1. The monoisotopic (exact) mass is 474 g/mol. The fourth-order valence-electron chi connectivity index (χ4n) is 4.49. The predicted molar refractivity (Wildman–Crippen MR) is 136 cm³/mol. The summed E-state index contributed by atoms with van der Waals surface area (Å²) in [6.45, 7) is 0. The van der Waals surface area contributed by atoms with Crippen LogP contribution in [0.4, 0.5) is 0 Å². The molecule has 0 N–H and O–H groups in total. The summed E-state index contributed by atoms with van der Waals surface area (Å²) in [7, 11) is 0. The van der Waals surface area contributed by atoms with Gasteiger partial charge in [0.1, 0.15) is 0 Å². The van der Waals surface area contributed by atoms with E-state index in [0.717, 1.165) is 24.6 Å². The van der Waals surface area contributed by atoms with Crippen molar-refractivity contribution in [1.82, 2.24) is 0 Å². The molecule has 0 aromatic heterocycles. The van der Waals surface area contributed by atoms with Gasteiger partial charge in [-0.25, -0.2) is 0 Å². The van der Waals surface area contributed by atoms with E-state index in [-0.39, 0.29) is 0 Å². The van der Waals surface area contributed by atoms with Gasteiger partial charge in [0.25, 0.3) is 0 Å². The first-order valence-electron chi connectivity index (χ1n) is 10.5. The molecule has 152 valence electrons. The molecule has 0 unspecified atom stereocenters. The summed E-state index contributed by atoms with van der Waals surface area (Å²) >= 11 is 4.57. The Labute approximate surface area is 188 Å². The van der Waals surface area contributed by atoms with Crippen LogP contribution in [0.15, 0.2) is 121 Å². The summed E-state index contributed by atoms with van der Waals surface area (Å²) in [5.74, 6) is 0. The third kappa shape index (κ3) is 5.48. The molecule has 30 heavy (non-hydrogen) atoms. The normalized spacial score (nSPS) is 12.8. The molecule has 0 heterocycles. The number of halogens is 1. The topological polar surface area (TPSA) is 0 Å². The van der Waals surface area contributed by atoms with Gasteiger partial charge in [0, 0.05) is 0 Å². The van der Waals surface area contributed by atoms with Crippen molar-refractivity contribution in [2.24, 2.45) is 0 Å². The van der Waals surface area contributed by atoms with E-state index in [2.05, 4.69) is 137 Å². The Balaban J connectivity index is 1.83. The van der Waals surface area contributed by atoms with Crippen LogP contribution in [-0.4, -0.2) is 0 Å². The summed E-state index contributed by atoms with van der Waals surface area (Å²) in [6, 6.07) is 44.0. The van der Waals surface area contributed by atoms with E-state index in [0.29, 0.717) is 0 Å². The van der Waals surface area contributed by atoms with E-state index in [4.69, 9.17) is 0 Å². The van der Waals surface area contributed by atoms with Crippen LogP contribution in [0, 0.1) is 0 Å². The molecule has 0 saturated carbocycles.